The van der Waals surface area contributed by atoms with Crippen LogP contribution in [-0.2, 0) is 19.1 Å². The minimum absolute atomic E-state index is 0.0193. The number of methoxy groups -OCH3 is 2. The number of aromatic nitrogens is 1. The fourth-order valence-electron chi connectivity index (χ4n) is 7.55. The summed E-state index contributed by atoms with van der Waals surface area (Å²) in [5.41, 5.74) is 2.01. The number of amides is 4. The number of hydrogen-bond acceptors (Lipinski definition) is 15. The molecule has 4 heterocycles. The number of halogens is 2. The van der Waals surface area contributed by atoms with Gasteiger partial charge in [-0.2, -0.15) is 5.26 Å². The highest BCUT2D eigenvalue weighted by Gasteiger charge is 2.46. The van der Waals surface area contributed by atoms with E-state index in [4.69, 9.17) is 46.9 Å². The first-order valence-corrected chi connectivity index (χ1v) is 20.7. The molecular formula is C43H43Cl2N7O10. The summed E-state index contributed by atoms with van der Waals surface area (Å²) < 4.78 is 28.3. The van der Waals surface area contributed by atoms with Crippen molar-refractivity contribution in [2.75, 3.05) is 78.6 Å². The first-order chi connectivity index (χ1) is 30.0. The van der Waals surface area contributed by atoms with E-state index < -0.39 is 29.7 Å². The van der Waals surface area contributed by atoms with Crippen LogP contribution in [0.15, 0.2) is 48.7 Å². The third-order valence-electron chi connectivity index (χ3n) is 10.8. The number of esters is 1. The Labute approximate surface area is 366 Å². The number of rotatable bonds is 17. The Morgan fingerprint density at radius 3 is 2.35 bits per heavy atom. The van der Waals surface area contributed by atoms with Crippen LogP contribution in [0, 0.1) is 11.3 Å². The van der Waals surface area contributed by atoms with Gasteiger partial charge in [-0.25, -0.2) is 0 Å². The number of ether oxygens (including phenoxy) is 5. The van der Waals surface area contributed by atoms with E-state index in [0.717, 1.165) is 44.0 Å². The van der Waals surface area contributed by atoms with Crippen LogP contribution in [0.1, 0.15) is 52.0 Å². The van der Waals surface area contributed by atoms with Crippen molar-refractivity contribution in [3.63, 3.8) is 0 Å². The number of pyridine rings is 1. The molecule has 3 aromatic carbocycles. The smallest absolute Gasteiger partial charge is 0.307 e. The van der Waals surface area contributed by atoms with E-state index in [-0.39, 0.29) is 55.3 Å². The number of piperazine rings is 1. The zero-order chi connectivity index (χ0) is 43.9. The normalized spacial score (nSPS) is 16.8. The number of benzene rings is 3. The molecular weight excluding hydrogens is 845 g/mol. The van der Waals surface area contributed by atoms with Crippen LogP contribution in [-0.4, -0.2) is 129 Å². The number of fused-ring (bicyclic) bond motifs is 2. The van der Waals surface area contributed by atoms with Crippen molar-refractivity contribution in [1.82, 2.24) is 25.0 Å². The Balaban J connectivity index is 0.822. The number of nitrogens with zero attached hydrogens (tertiary/aromatic N) is 5. The van der Waals surface area contributed by atoms with E-state index in [0.29, 0.717) is 68.3 Å². The third kappa shape index (κ3) is 9.63. The van der Waals surface area contributed by atoms with Gasteiger partial charge in [-0.15, -0.1) is 0 Å². The molecule has 0 bridgehead atoms. The molecule has 3 aliphatic rings. The topological polar surface area (TPSA) is 202 Å². The maximum Gasteiger partial charge on any atom is 0.307 e. The third-order valence-corrected chi connectivity index (χ3v) is 11.4. The van der Waals surface area contributed by atoms with E-state index in [9.17, 15) is 29.2 Å². The van der Waals surface area contributed by atoms with Crippen LogP contribution < -0.4 is 29.6 Å². The number of imide groups is 2. The van der Waals surface area contributed by atoms with Gasteiger partial charge in [-0.1, -0.05) is 29.3 Å². The van der Waals surface area contributed by atoms with Crippen molar-refractivity contribution in [2.45, 2.75) is 31.7 Å². The van der Waals surface area contributed by atoms with E-state index in [1.165, 1.54) is 25.4 Å². The number of hydrogen-bond donors (Lipinski definition) is 2. The maximum atomic E-state index is 13.3. The summed E-state index contributed by atoms with van der Waals surface area (Å²) in [5, 5.41) is 16.6. The van der Waals surface area contributed by atoms with Crippen LogP contribution >= 0.6 is 23.2 Å². The molecule has 1 atom stereocenters. The maximum absolute atomic E-state index is 13.3. The Morgan fingerprint density at radius 1 is 0.887 bits per heavy atom. The highest BCUT2D eigenvalue weighted by molar-refractivity contribution is 6.37. The summed E-state index contributed by atoms with van der Waals surface area (Å²) in [6.45, 7) is 4.92. The Hall–Kier alpha value is -6.19. The second-order valence-corrected chi connectivity index (χ2v) is 15.4. The van der Waals surface area contributed by atoms with Gasteiger partial charge in [-0.3, -0.25) is 39.2 Å². The number of nitriles is 1. The molecule has 1 aromatic heterocycles. The molecule has 7 rings (SSSR count). The van der Waals surface area contributed by atoms with E-state index >= 15 is 0 Å². The van der Waals surface area contributed by atoms with Gasteiger partial charge in [0.15, 0.2) is 11.5 Å². The summed E-state index contributed by atoms with van der Waals surface area (Å²) >= 11 is 12.7. The summed E-state index contributed by atoms with van der Waals surface area (Å²) in [4.78, 5) is 72.7. The van der Waals surface area contributed by atoms with Crippen molar-refractivity contribution in [3.8, 4) is 29.1 Å². The lowest BCUT2D eigenvalue weighted by atomic mass is 10.0. The quantitative estimate of drug-likeness (QED) is 0.0817. The molecule has 17 nitrogen and oxygen atoms in total. The van der Waals surface area contributed by atoms with E-state index in [1.807, 2.05) is 0 Å². The second kappa shape index (κ2) is 19.7. The molecule has 2 saturated heterocycles. The van der Waals surface area contributed by atoms with E-state index in [2.05, 4.69) is 31.5 Å². The van der Waals surface area contributed by atoms with Gasteiger partial charge < -0.3 is 38.8 Å². The molecule has 4 aromatic rings. The molecule has 19 heteroatoms. The van der Waals surface area contributed by atoms with Gasteiger partial charge in [0.05, 0.1) is 70.9 Å². The molecule has 2 N–H and O–H groups in total. The van der Waals surface area contributed by atoms with Crippen molar-refractivity contribution >= 4 is 75.1 Å². The van der Waals surface area contributed by atoms with Gasteiger partial charge in [0.1, 0.15) is 36.8 Å². The number of carbonyl (C=O) groups excluding carboxylic acids is 5. The lowest BCUT2D eigenvalue weighted by molar-refractivity contribution is -0.145. The predicted molar refractivity (Wildman–Crippen MR) is 226 cm³/mol. The highest BCUT2D eigenvalue weighted by atomic mass is 35.5. The highest BCUT2D eigenvalue weighted by Crippen LogP contribution is 2.41. The van der Waals surface area contributed by atoms with Gasteiger partial charge in [0.25, 0.3) is 11.8 Å². The molecule has 324 valence electrons. The fourth-order valence-corrected chi connectivity index (χ4v) is 8.06. The SMILES string of the molecule is COc1cc(Nc2c(C#N)cnc3cc(OCCCN4CCN(CCC(=O)OCCOc5cccc6c5C(=O)N(C5CCC(=O)NC5=O)C6=O)CC4)c(OC)cc23)c(Cl)cc1Cl. The number of piperidine rings is 1. The minimum atomic E-state index is -1.08. The summed E-state index contributed by atoms with van der Waals surface area (Å²) in [6.07, 6.45) is 2.51. The van der Waals surface area contributed by atoms with Crippen LogP contribution in [0.25, 0.3) is 10.9 Å². The molecule has 62 heavy (non-hydrogen) atoms. The first kappa shape index (κ1) is 43.9. The standard InChI is InChI=1S/C43H43Cl2N7O10/c1-58-34-22-31(28(44)20-29(34)45)48-40-25(23-46)24-47-30-21-36(35(59-2)19-27(30)40)60-16-4-10-50-12-14-51(15-13-50)11-9-38(54)62-18-17-61-33-6-3-5-26-39(33)43(57)52(42(26)56)32-7-8-37(53)49-41(32)55/h3,5-6,19-22,24,32H,4,7-18H2,1-2H3,(H,47,48)(H,49,53,55). The monoisotopic (exact) mass is 887 g/mol. The van der Waals surface area contributed by atoms with Crippen molar-refractivity contribution in [3.05, 3.63) is 75.4 Å². The summed E-state index contributed by atoms with van der Waals surface area (Å²) in [7, 11) is 3.05. The molecule has 0 aliphatic carbocycles. The Kier molecular flexibility index (Phi) is 13.9. The molecule has 2 fully saturated rings. The molecule has 0 spiro atoms. The average Bonchev–Trinajstić information content (AvgIpc) is 3.52. The predicted octanol–water partition coefficient (Wildman–Crippen LogP) is 4.97. The summed E-state index contributed by atoms with van der Waals surface area (Å²) in [5.74, 6) is -1.28. The van der Waals surface area contributed by atoms with Crippen LogP contribution in [0.4, 0.5) is 11.4 Å². The van der Waals surface area contributed by atoms with Gasteiger partial charge in [0.2, 0.25) is 11.8 Å². The lowest BCUT2D eigenvalue weighted by Crippen LogP contribution is -2.54. The van der Waals surface area contributed by atoms with Gasteiger partial charge in [-0.05, 0) is 37.1 Å². The number of nitrogens with one attached hydrogen (secondary N) is 2. The fraction of sp³-hybridized carbons (Fsp3) is 0.372. The lowest BCUT2D eigenvalue weighted by Gasteiger charge is -2.34. The number of anilines is 2. The molecule has 0 radical (unpaired) electrons. The largest absolute Gasteiger partial charge is 0.495 e. The average molecular weight is 889 g/mol. The molecule has 0 saturated carbocycles. The Morgan fingerprint density at radius 2 is 1.63 bits per heavy atom. The van der Waals surface area contributed by atoms with Crippen LogP contribution in [0.2, 0.25) is 10.0 Å². The Bertz CT molecular complexity index is 2450. The van der Waals surface area contributed by atoms with Crippen molar-refractivity contribution < 1.29 is 47.7 Å². The zero-order valence-electron chi connectivity index (χ0n) is 34.0. The first-order valence-electron chi connectivity index (χ1n) is 19.9. The second-order valence-electron chi connectivity index (χ2n) is 14.6. The zero-order valence-corrected chi connectivity index (χ0v) is 35.5. The molecule has 3 aliphatic heterocycles. The van der Waals surface area contributed by atoms with Crippen molar-refractivity contribution in [2.24, 2.45) is 0 Å². The number of carbonyl (C=O) groups is 5. The summed E-state index contributed by atoms with van der Waals surface area (Å²) in [6, 6.07) is 12.4. The van der Waals surface area contributed by atoms with E-state index in [1.54, 1.807) is 37.4 Å². The van der Waals surface area contributed by atoms with Crippen molar-refractivity contribution in [1.29, 1.82) is 5.26 Å². The van der Waals surface area contributed by atoms with Gasteiger partial charge >= 0.3 is 5.97 Å². The van der Waals surface area contributed by atoms with Crippen LogP contribution in [0.5, 0.6) is 23.0 Å². The molecule has 1 unspecified atom stereocenters. The molecule has 4 amide bonds. The van der Waals surface area contributed by atoms with Gasteiger partial charge in [0, 0.05) is 69.4 Å². The minimum Gasteiger partial charge on any atom is -0.495 e. The van der Waals surface area contributed by atoms with Crippen LogP contribution in [0.3, 0.4) is 0 Å².